The zero-order valence-electron chi connectivity index (χ0n) is 15.1. The quantitative estimate of drug-likeness (QED) is 0.698. The Bertz CT molecular complexity index is 961. The summed E-state index contributed by atoms with van der Waals surface area (Å²) in [6, 6.07) is 15.2. The van der Waals surface area contributed by atoms with Crippen LogP contribution in [0.15, 0.2) is 60.8 Å². The van der Waals surface area contributed by atoms with Gasteiger partial charge < -0.3 is 15.0 Å². The van der Waals surface area contributed by atoms with Gasteiger partial charge in [-0.1, -0.05) is 12.1 Å². The maximum absolute atomic E-state index is 13.0. The van der Waals surface area contributed by atoms with E-state index in [2.05, 4.69) is 15.3 Å². The summed E-state index contributed by atoms with van der Waals surface area (Å²) in [6.07, 6.45) is 3.13. The molecule has 1 aromatic heterocycles. The highest BCUT2D eigenvalue weighted by Gasteiger charge is 2.21. The van der Waals surface area contributed by atoms with E-state index in [1.165, 1.54) is 24.3 Å². The molecule has 0 unspecified atom stereocenters. The Kier molecular flexibility index (Phi) is 5.14. The van der Waals surface area contributed by atoms with Crippen LogP contribution in [0, 0.1) is 5.82 Å². The number of nitrogens with one attached hydrogen (secondary N) is 1. The largest absolute Gasteiger partial charge is 0.439 e. The van der Waals surface area contributed by atoms with Crippen molar-refractivity contribution in [2.45, 2.75) is 19.4 Å². The number of rotatable bonds is 6. The first-order valence-electron chi connectivity index (χ1n) is 9.07. The average Bonchev–Trinajstić information content (AvgIpc) is 3.15. The van der Waals surface area contributed by atoms with Gasteiger partial charge in [0.1, 0.15) is 11.6 Å². The second kappa shape index (κ2) is 8.04. The van der Waals surface area contributed by atoms with Crippen LogP contribution in [-0.4, -0.2) is 22.4 Å². The maximum Gasteiger partial charge on any atom is 0.227 e. The number of aromatic nitrogens is 2. The van der Waals surface area contributed by atoms with E-state index in [4.69, 9.17) is 4.74 Å². The summed E-state index contributed by atoms with van der Waals surface area (Å²) in [5.74, 6) is 1.15. The molecule has 3 aromatic rings. The molecule has 1 saturated heterocycles. The van der Waals surface area contributed by atoms with Gasteiger partial charge in [-0.05, 0) is 48.4 Å². The molecule has 1 N–H and O–H groups in total. The van der Waals surface area contributed by atoms with Crippen molar-refractivity contribution < 1.29 is 13.9 Å². The topological polar surface area (TPSA) is 67.4 Å². The van der Waals surface area contributed by atoms with Crippen molar-refractivity contribution in [1.29, 1.82) is 0 Å². The molecule has 7 heteroatoms. The van der Waals surface area contributed by atoms with Crippen LogP contribution >= 0.6 is 0 Å². The Labute approximate surface area is 162 Å². The molecule has 0 saturated carbocycles. The van der Waals surface area contributed by atoms with Crippen LogP contribution in [0.25, 0.3) is 0 Å². The molecule has 28 heavy (non-hydrogen) atoms. The lowest BCUT2D eigenvalue weighted by Crippen LogP contribution is -2.23. The molecule has 1 aliphatic heterocycles. The highest BCUT2D eigenvalue weighted by molar-refractivity contribution is 5.95. The van der Waals surface area contributed by atoms with Gasteiger partial charge in [-0.2, -0.15) is 4.98 Å². The van der Waals surface area contributed by atoms with Crippen molar-refractivity contribution in [3.8, 4) is 11.6 Å². The number of nitrogens with zero attached hydrogens (tertiary/aromatic N) is 3. The first-order chi connectivity index (χ1) is 13.7. The number of amides is 1. The molecule has 6 nitrogen and oxygen atoms in total. The summed E-state index contributed by atoms with van der Waals surface area (Å²) in [5.41, 5.74) is 1.97. The number of ether oxygens (including phenoxy) is 1. The van der Waals surface area contributed by atoms with Crippen molar-refractivity contribution >= 4 is 17.5 Å². The third-order valence-corrected chi connectivity index (χ3v) is 4.44. The highest BCUT2D eigenvalue weighted by atomic mass is 19.1. The number of carbonyl (C=O) groups excluding carboxylic acids is 1. The maximum atomic E-state index is 13.0. The van der Waals surface area contributed by atoms with E-state index >= 15 is 0 Å². The van der Waals surface area contributed by atoms with Gasteiger partial charge in [0.25, 0.3) is 0 Å². The lowest BCUT2D eigenvalue weighted by atomic mass is 10.2. The zero-order chi connectivity index (χ0) is 19.3. The standard InChI is InChI=1S/C21H19FN4O2/c22-16-5-9-18(10-6-16)28-19-11-12-23-21(25-19)24-14-15-3-7-17(8-4-15)26-13-1-2-20(26)27/h3-12H,1-2,13-14H2,(H,23,24,25). The van der Waals surface area contributed by atoms with E-state index in [9.17, 15) is 9.18 Å². The molecule has 0 atom stereocenters. The van der Waals surface area contributed by atoms with Gasteiger partial charge in [0, 0.05) is 37.5 Å². The van der Waals surface area contributed by atoms with Crippen LogP contribution in [0.2, 0.25) is 0 Å². The molecule has 2 heterocycles. The molecular weight excluding hydrogens is 359 g/mol. The summed E-state index contributed by atoms with van der Waals surface area (Å²) in [6.45, 7) is 1.32. The lowest BCUT2D eigenvalue weighted by Gasteiger charge is -2.16. The molecule has 1 aliphatic rings. The SMILES string of the molecule is O=C1CCCN1c1ccc(CNc2nccc(Oc3ccc(F)cc3)n2)cc1. The molecule has 4 rings (SSSR count). The van der Waals surface area contributed by atoms with Crippen molar-refractivity contribution in [2.24, 2.45) is 0 Å². The highest BCUT2D eigenvalue weighted by Crippen LogP contribution is 2.22. The minimum Gasteiger partial charge on any atom is -0.439 e. The van der Waals surface area contributed by atoms with Gasteiger partial charge in [0.05, 0.1) is 0 Å². The van der Waals surface area contributed by atoms with Crippen LogP contribution in [0.1, 0.15) is 18.4 Å². The molecule has 2 aromatic carbocycles. The third kappa shape index (κ3) is 4.25. The summed E-state index contributed by atoms with van der Waals surface area (Å²) in [5, 5.41) is 3.15. The molecule has 0 radical (unpaired) electrons. The fourth-order valence-electron chi connectivity index (χ4n) is 3.00. The Hall–Kier alpha value is -3.48. The van der Waals surface area contributed by atoms with E-state index in [1.807, 2.05) is 29.2 Å². The van der Waals surface area contributed by atoms with E-state index in [1.54, 1.807) is 12.3 Å². The second-order valence-corrected chi connectivity index (χ2v) is 6.44. The first kappa shape index (κ1) is 17.9. The van der Waals surface area contributed by atoms with Gasteiger partial charge in [-0.3, -0.25) is 4.79 Å². The zero-order valence-corrected chi connectivity index (χ0v) is 15.1. The summed E-state index contributed by atoms with van der Waals surface area (Å²) >= 11 is 0. The van der Waals surface area contributed by atoms with Crippen molar-refractivity contribution in [3.63, 3.8) is 0 Å². The molecular formula is C21H19FN4O2. The fraction of sp³-hybridized carbons (Fsp3) is 0.190. The monoisotopic (exact) mass is 378 g/mol. The minimum atomic E-state index is -0.322. The Balaban J connectivity index is 1.37. The predicted octanol–water partition coefficient (Wildman–Crippen LogP) is 4.15. The first-order valence-corrected chi connectivity index (χ1v) is 9.07. The van der Waals surface area contributed by atoms with Crippen LogP contribution < -0.4 is 15.0 Å². The Morgan fingerprint density at radius 3 is 2.57 bits per heavy atom. The number of benzene rings is 2. The summed E-state index contributed by atoms with van der Waals surface area (Å²) in [4.78, 5) is 22.1. The fourth-order valence-corrected chi connectivity index (χ4v) is 3.00. The number of hydrogen-bond acceptors (Lipinski definition) is 5. The van der Waals surface area contributed by atoms with Gasteiger partial charge in [0.15, 0.2) is 0 Å². The van der Waals surface area contributed by atoms with E-state index in [0.717, 1.165) is 24.2 Å². The van der Waals surface area contributed by atoms with Crippen molar-refractivity contribution in [2.75, 3.05) is 16.8 Å². The Morgan fingerprint density at radius 1 is 1.07 bits per heavy atom. The van der Waals surface area contributed by atoms with Gasteiger partial charge >= 0.3 is 0 Å². The Morgan fingerprint density at radius 2 is 1.86 bits per heavy atom. The second-order valence-electron chi connectivity index (χ2n) is 6.44. The van der Waals surface area contributed by atoms with Crippen LogP contribution in [-0.2, 0) is 11.3 Å². The molecule has 0 aliphatic carbocycles. The third-order valence-electron chi connectivity index (χ3n) is 4.44. The number of hydrogen-bond donors (Lipinski definition) is 1. The normalized spacial score (nSPS) is 13.6. The molecule has 1 amide bonds. The minimum absolute atomic E-state index is 0.178. The molecule has 1 fully saturated rings. The van der Waals surface area contributed by atoms with Gasteiger partial charge in [0.2, 0.25) is 17.7 Å². The van der Waals surface area contributed by atoms with Gasteiger partial charge in [-0.15, -0.1) is 0 Å². The lowest BCUT2D eigenvalue weighted by molar-refractivity contribution is -0.117. The number of carbonyl (C=O) groups is 1. The van der Waals surface area contributed by atoms with Crippen molar-refractivity contribution in [3.05, 3.63) is 72.2 Å². The predicted molar refractivity (Wildman–Crippen MR) is 104 cm³/mol. The van der Waals surface area contributed by atoms with E-state index < -0.39 is 0 Å². The van der Waals surface area contributed by atoms with Crippen molar-refractivity contribution in [1.82, 2.24) is 9.97 Å². The summed E-state index contributed by atoms with van der Waals surface area (Å²) < 4.78 is 18.6. The average molecular weight is 378 g/mol. The van der Waals surface area contributed by atoms with Gasteiger partial charge in [-0.25, -0.2) is 9.37 Å². The molecule has 0 spiro atoms. The summed E-state index contributed by atoms with van der Waals surface area (Å²) in [7, 11) is 0. The number of anilines is 2. The van der Waals surface area contributed by atoms with E-state index in [-0.39, 0.29) is 11.7 Å². The smallest absolute Gasteiger partial charge is 0.227 e. The van der Waals surface area contributed by atoms with Crippen LogP contribution in [0.3, 0.4) is 0 Å². The van der Waals surface area contributed by atoms with Crippen LogP contribution in [0.4, 0.5) is 16.0 Å². The molecule has 142 valence electrons. The van der Waals surface area contributed by atoms with Crippen LogP contribution in [0.5, 0.6) is 11.6 Å². The van der Waals surface area contributed by atoms with E-state index in [0.29, 0.717) is 30.5 Å². The molecule has 0 bridgehead atoms. The number of halogens is 1.